The van der Waals surface area contributed by atoms with Gasteiger partial charge in [-0.1, -0.05) is 19.3 Å². The Hall–Kier alpha value is -1.36. The molecule has 2 unspecified atom stereocenters. The molecule has 2 fully saturated rings. The molecule has 4 nitrogen and oxygen atoms in total. The van der Waals surface area contributed by atoms with Crippen LogP contribution in [-0.2, 0) is 9.59 Å². The number of rotatable bonds is 4. The molecule has 1 heterocycles. The fourth-order valence-corrected chi connectivity index (χ4v) is 4.92. The largest absolute Gasteiger partial charge is 0.479 e. The number of carboxylic acids is 1. The minimum Gasteiger partial charge on any atom is -0.479 e. The highest BCUT2D eigenvalue weighted by molar-refractivity contribution is 7.10. The monoisotopic (exact) mass is 321 g/mol. The number of hydrogen-bond acceptors (Lipinski definition) is 3. The van der Waals surface area contributed by atoms with Gasteiger partial charge < -0.3 is 10.0 Å². The van der Waals surface area contributed by atoms with Crippen molar-refractivity contribution in [3.8, 4) is 0 Å². The van der Waals surface area contributed by atoms with Crippen molar-refractivity contribution < 1.29 is 14.7 Å². The Morgan fingerprint density at radius 1 is 1.32 bits per heavy atom. The number of aryl methyl sites for hydroxylation is 1. The Morgan fingerprint density at radius 2 is 2.00 bits per heavy atom. The second kappa shape index (κ2) is 5.69. The number of carbonyl (C=O) groups excluding carboxylic acids is 1. The molecule has 5 heteroatoms. The summed E-state index contributed by atoms with van der Waals surface area (Å²) in [6.07, 6.45) is 4.88. The molecule has 1 aromatic rings. The quantitative estimate of drug-likeness (QED) is 0.924. The molecule has 1 aromatic heterocycles. The minimum absolute atomic E-state index is 0.0158. The Labute approximate surface area is 135 Å². The Morgan fingerprint density at radius 3 is 2.55 bits per heavy atom. The zero-order chi connectivity index (χ0) is 15.9. The minimum atomic E-state index is -0.979. The van der Waals surface area contributed by atoms with E-state index in [9.17, 15) is 14.7 Å². The molecule has 0 radical (unpaired) electrons. The van der Waals surface area contributed by atoms with E-state index in [-0.39, 0.29) is 11.8 Å². The van der Waals surface area contributed by atoms with Gasteiger partial charge in [-0.3, -0.25) is 4.79 Å². The molecule has 120 valence electrons. The number of carbonyl (C=O) groups is 2. The molecule has 2 saturated carbocycles. The van der Waals surface area contributed by atoms with E-state index in [1.807, 2.05) is 0 Å². The molecule has 0 spiro atoms. The van der Waals surface area contributed by atoms with Gasteiger partial charge >= 0.3 is 5.97 Å². The van der Waals surface area contributed by atoms with E-state index in [0.29, 0.717) is 18.8 Å². The summed E-state index contributed by atoms with van der Waals surface area (Å²) in [5.74, 6) is -0.556. The molecule has 0 bridgehead atoms. The van der Waals surface area contributed by atoms with Crippen LogP contribution in [0.15, 0.2) is 11.4 Å². The van der Waals surface area contributed by atoms with Gasteiger partial charge in [0.05, 0.1) is 0 Å². The molecule has 2 atom stereocenters. The SMILES string of the molecule is Cc1ccsc1C1CC1C(=O)N(C)C1(C(=O)O)CCCCC1. The number of amides is 1. The van der Waals surface area contributed by atoms with Crippen LogP contribution in [0.1, 0.15) is 54.9 Å². The number of hydrogen-bond donors (Lipinski definition) is 1. The summed E-state index contributed by atoms with van der Waals surface area (Å²) in [6, 6.07) is 2.09. The second-order valence-electron chi connectivity index (χ2n) is 6.71. The third-order valence-electron chi connectivity index (χ3n) is 5.40. The normalized spacial score (nSPS) is 26.5. The van der Waals surface area contributed by atoms with Gasteiger partial charge in [0.15, 0.2) is 0 Å². The summed E-state index contributed by atoms with van der Waals surface area (Å²) < 4.78 is 0. The molecule has 0 aliphatic heterocycles. The summed E-state index contributed by atoms with van der Waals surface area (Å²) in [7, 11) is 1.69. The number of aliphatic carboxylic acids is 1. The van der Waals surface area contributed by atoms with Crippen LogP contribution < -0.4 is 0 Å². The molecular weight excluding hydrogens is 298 g/mol. The molecule has 2 aliphatic rings. The van der Waals surface area contributed by atoms with Crippen molar-refractivity contribution in [2.75, 3.05) is 7.05 Å². The van der Waals surface area contributed by atoms with E-state index in [4.69, 9.17) is 0 Å². The summed E-state index contributed by atoms with van der Waals surface area (Å²) >= 11 is 1.71. The van der Waals surface area contributed by atoms with Crippen molar-refractivity contribution in [1.29, 1.82) is 0 Å². The molecular formula is C17H23NO3S. The van der Waals surface area contributed by atoms with E-state index >= 15 is 0 Å². The molecule has 2 aliphatic carbocycles. The van der Waals surface area contributed by atoms with E-state index < -0.39 is 11.5 Å². The molecule has 1 amide bonds. The fourth-order valence-electron chi connectivity index (χ4n) is 3.81. The van der Waals surface area contributed by atoms with Gasteiger partial charge in [-0.25, -0.2) is 4.79 Å². The van der Waals surface area contributed by atoms with Crippen LogP contribution in [0.25, 0.3) is 0 Å². The summed E-state index contributed by atoms with van der Waals surface area (Å²) in [5, 5.41) is 11.8. The molecule has 0 saturated heterocycles. The van der Waals surface area contributed by atoms with E-state index in [0.717, 1.165) is 25.7 Å². The predicted octanol–water partition coefficient (Wildman–Crippen LogP) is 3.41. The molecule has 0 aromatic carbocycles. The van der Waals surface area contributed by atoms with Gasteiger partial charge in [-0.2, -0.15) is 0 Å². The summed E-state index contributed by atoms with van der Waals surface area (Å²) in [4.78, 5) is 27.5. The van der Waals surface area contributed by atoms with Gasteiger partial charge in [0.1, 0.15) is 5.54 Å². The summed E-state index contributed by atoms with van der Waals surface area (Å²) in [6.45, 7) is 2.08. The topological polar surface area (TPSA) is 57.6 Å². The van der Waals surface area contributed by atoms with E-state index in [2.05, 4.69) is 18.4 Å². The van der Waals surface area contributed by atoms with E-state index in [1.165, 1.54) is 10.4 Å². The Balaban J connectivity index is 1.75. The summed E-state index contributed by atoms with van der Waals surface area (Å²) in [5.41, 5.74) is 0.269. The van der Waals surface area contributed by atoms with Gasteiger partial charge in [0, 0.05) is 23.8 Å². The first-order chi connectivity index (χ1) is 10.5. The first-order valence-electron chi connectivity index (χ1n) is 8.02. The average molecular weight is 321 g/mol. The number of thiophene rings is 1. The third-order valence-corrected chi connectivity index (χ3v) is 6.55. The maximum absolute atomic E-state index is 12.8. The number of carboxylic acid groups (broad SMARTS) is 1. The van der Waals surface area contributed by atoms with Crippen LogP contribution in [0.3, 0.4) is 0 Å². The fraction of sp³-hybridized carbons (Fsp3) is 0.647. The zero-order valence-electron chi connectivity index (χ0n) is 13.2. The molecule has 3 rings (SSSR count). The van der Waals surface area contributed by atoms with Crippen molar-refractivity contribution in [1.82, 2.24) is 4.90 Å². The highest BCUT2D eigenvalue weighted by Gasteiger charge is 2.52. The van der Waals surface area contributed by atoms with Crippen molar-refractivity contribution in [2.45, 2.75) is 56.9 Å². The van der Waals surface area contributed by atoms with Gasteiger partial charge in [0.25, 0.3) is 0 Å². The first kappa shape index (κ1) is 15.5. The molecule has 22 heavy (non-hydrogen) atoms. The van der Waals surface area contributed by atoms with Gasteiger partial charge in [-0.05, 0) is 43.2 Å². The average Bonchev–Trinajstić information content (AvgIpc) is 3.20. The first-order valence-corrected chi connectivity index (χ1v) is 8.90. The van der Waals surface area contributed by atoms with E-state index in [1.54, 1.807) is 23.3 Å². The standard InChI is InChI=1S/C17H23NO3S/c1-11-6-9-22-14(11)12-10-13(12)15(19)18(2)17(16(20)21)7-4-3-5-8-17/h6,9,12-13H,3-5,7-8,10H2,1-2H3,(H,20,21). The molecule has 1 N–H and O–H groups in total. The lowest BCUT2D eigenvalue weighted by atomic mass is 9.80. The maximum atomic E-state index is 12.8. The lowest BCUT2D eigenvalue weighted by Gasteiger charge is -2.41. The van der Waals surface area contributed by atoms with Gasteiger partial charge in [0.2, 0.25) is 5.91 Å². The second-order valence-corrected chi connectivity index (χ2v) is 7.66. The lowest BCUT2D eigenvalue weighted by Crippen LogP contribution is -2.56. The lowest BCUT2D eigenvalue weighted by molar-refractivity contribution is -0.160. The Kier molecular flexibility index (Phi) is 4.02. The third kappa shape index (κ3) is 2.45. The van der Waals surface area contributed by atoms with Crippen LogP contribution in [0.2, 0.25) is 0 Å². The van der Waals surface area contributed by atoms with Crippen molar-refractivity contribution in [3.63, 3.8) is 0 Å². The number of likely N-dealkylation sites (N-methyl/N-ethyl adjacent to an activating group) is 1. The van der Waals surface area contributed by atoms with Crippen LogP contribution in [0, 0.1) is 12.8 Å². The van der Waals surface area contributed by atoms with Crippen LogP contribution in [0.5, 0.6) is 0 Å². The van der Waals surface area contributed by atoms with Crippen LogP contribution >= 0.6 is 11.3 Å². The highest BCUT2D eigenvalue weighted by Crippen LogP contribution is 2.52. The van der Waals surface area contributed by atoms with Gasteiger partial charge in [-0.15, -0.1) is 11.3 Å². The maximum Gasteiger partial charge on any atom is 0.329 e. The van der Waals surface area contributed by atoms with Crippen molar-refractivity contribution >= 4 is 23.2 Å². The van der Waals surface area contributed by atoms with Crippen molar-refractivity contribution in [2.24, 2.45) is 5.92 Å². The number of nitrogens with zero attached hydrogens (tertiary/aromatic N) is 1. The predicted molar refractivity (Wildman–Crippen MR) is 86.1 cm³/mol. The Bertz CT molecular complexity index is 588. The van der Waals surface area contributed by atoms with Crippen molar-refractivity contribution in [3.05, 3.63) is 21.9 Å². The zero-order valence-corrected chi connectivity index (χ0v) is 14.0. The smallest absolute Gasteiger partial charge is 0.329 e. The highest BCUT2D eigenvalue weighted by atomic mass is 32.1. The van der Waals surface area contributed by atoms with Crippen LogP contribution in [-0.4, -0.2) is 34.5 Å². The van der Waals surface area contributed by atoms with Crippen LogP contribution in [0.4, 0.5) is 0 Å².